The number of hydrogen-bond donors (Lipinski definition) is 0. The summed E-state index contributed by atoms with van der Waals surface area (Å²) in [6, 6.07) is 0. The van der Waals surface area contributed by atoms with Crippen molar-refractivity contribution < 1.29 is 19.1 Å². The molecule has 0 bridgehead atoms. The quantitative estimate of drug-likeness (QED) is 0.536. The highest BCUT2D eigenvalue weighted by atomic mass is 16.5. The molecule has 0 amide bonds. The van der Waals surface area contributed by atoms with Crippen molar-refractivity contribution in [1.82, 2.24) is 9.80 Å². The maximum Gasteiger partial charge on any atom is 0.319 e. The van der Waals surface area contributed by atoms with Crippen molar-refractivity contribution in [3.05, 3.63) is 0 Å². The Labute approximate surface area is 115 Å². The summed E-state index contributed by atoms with van der Waals surface area (Å²) in [5.74, 6) is -0.471. The highest BCUT2D eigenvalue weighted by Gasteiger charge is 2.13. The fourth-order valence-electron chi connectivity index (χ4n) is 1.71. The number of likely N-dealkylation sites (N-methyl/N-ethyl adjacent to an activating group) is 1. The molecule has 0 aliphatic carbocycles. The molecule has 0 spiro atoms. The predicted octanol–water partition coefficient (Wildman–Crippen LogP) is 0.366. The molecule has 0 aromatic carbocycles. The average molecular weight is 274 g/mol. The first-order valence-electron chi connectivity index (χ1n) is 6.65. The van der Waals surface area contributed by atoms with Crippen molar-refractivity contribution in [1.29, 1.82) is 0 Å². The number of carbonyl (C=O) groups excluding carboxylic acids is 2. The first-order valence-corrected chi connectivity index (χ1v) is 6.65. The summed E-state index contributed by atoms with van der Waals surface area (Å²) < 4.78 is 9.32. The molecule has 0 N–H and O–H groups in total. The number of hydrogen-bond acceptors (Lipinski definition) is 6. The second kappa shape index (κ2) is 10.8. The normalized spacial score (nSPS) is 10.8. The van der Waals surface area contributed by atoms with E-state index in [-0.39, 0.29) is 18.5 Å². The van der Waals surface area contributed by atoms with Crippen LogP contribution in [0.5, 0.6) is 0 Å². The fraction of sp³-hybridized carbons (Fsp3) is 0.846. The lowest BCUT2D eigenvalue weighted by atomic mass is 10.3. The van der Waals surface area contributed by atoms with E-state index < -0.39 is 0 Å². The molecular weight excluding hydrogens is 248 g/mol. The third-order valence-corrected chi connectivity index (χ3v) is 2.88. The van der Waals surface area contributed by atoms with Gasteiger partial charge in [0.25, 0.3) is 0 Å². The zero-order valence-corrected chi connectivity index (χ0v) is 12.5. The molecular formula is C13H26N2O4. The monoisotopic (exact) mass is 274 g/mol. The molecule has 0 aliphatic rings. The van der Waals surface area contributed by atoms with Crippen molar-refractivity contribution in [3.63, 3.8) is 0 Å². The van der Waals surface area contributed by atoms with Crippen molar-refractivity contribution >= 4 is 11.9 Å². The van der Waals surface area contributed by atoms with E-state index in [1.54, 1.807) is 0 Å². The third kappa shape index (κ3) is 8.56. The molecule has 0 aromatic heterocycles. The van der Waals surface area contributed by atoms with Gasteiger partial charge < -0.3 is 9.47 Å². The highest BCUT2D eigenvalue weighted by molar-refractivity contribution is 5.71. The van der Waals surface area contributed by atoms with Crippen LogP contribution < -0.4 is 0 Å². The van der Waals surface area contributed by atoms with Gasteiger partial charge in [0.2, 0.25) is 0 Å². The van der Waals surface area contributed by atoms with Crippen molar-refractivity contribution in [2.75, 3.05) is 53.5 Å². The van der Waals surface area contributed by atoms with Gasteiger partial charge in [-0.2, -0.15) is 0 Å². The van der Waals surface area contributed by atoms with Crippen LogP contribution in [0.3, 0.4) is 0 Å². The van der Waals surface area contributed by atoms with Gasteiger partial charge in [0.15, 0.2) is 0 Å². The van der Waals surface area contributed by atoms with E-state index in [9.17, 15) is 9.59 Å². The molecule has 0 radical (unpaired) electrons. The molecule has 0 fully saturated rings. The van der Waals surface area contributed by atoms with Gasteiger partial charge in [-0.1, -0.05) is 13.8 Å². The van der Waals surface area contributed by atoms with E-state index in [2.05, 4.69) is 16.4 Å². The minimum Gasteiger partial charge on any atom is -0.468 e. The Bertz CT molecular complexity index is 271. The number of methoxy groups -OCH3 is 2. The van der Waals surface area contributed by atoms with Gasteiger partial charge >= 0.3 is 11.9 Å². The van der Waals surface area contributed by atoms with Gasteiger partial charge in [0, 0.05) is 13.1 Å². The topological polar surface area (TPSA) is 59.1 Å². The minimum absolute atomic E-state index is 0.232. The van der Waals surface area contributed by atoms with E-state index in [1.165, 1.54) is 14.2 Å². The minimum atomic E-state index is -0.239. The molecule has 0 aromatic rings. The Kier molecular flexibility index (Phi) is 10.1. The summed E-state index contributed by atoms with van der Waals surface area (Å²) in [7, 11) is 2.78. The van der Waals surface area contributed by atoms with E-state index in [4.69, 9.17) is 0 Å². The standard InChI is InChI=1S/C13H26N2O4/c1-5-7-15(11-13(17)19-4)9-8-14(6-2)10-12(16)18-3/h5-11H2,1-4H3. The van der Waals surface area contributed by atoms with Crippen molar-refractivity contribution in [3.8, 4) is 0 Å². The Morgan fingerprint density at radius 2 is 1.32 bits per heavy atom. The zero-order chi connectivity index (χ0) is 14.7. The Morgan fingerprint density at radius 1 is 0.842 bits per heavy atom. The molecule has 112 valence electrons. The van der Waals surface area contributed by atoms with Crippen LogP contribution in [0.4, 0.5) is 0 Å². The smallest absolute Gasteiger partial charge is 0.319 e. The maximum atomic E-state index is 11.3. The van der Waals surface area contributed by atoms with Crippen LogP contribution in [0.15, 0.2) is 0 Å². The second-order valence-corrected chi connectivity index (χ2v) is 4.30. The van der Waals surface area contributed by atoms with E-state index >= 15 is 0 Å². The third-order valence-electron chi connectivity index (χ3n) is 2.88. The van der Waals surface area contributed by atoms with Gasteiger partial charge in [-0.05, 0) is 19.5 Å². The zero-order valence-electron chi connectivity index (χ0n) is 12.5. The SMILES string of the molecule is CCCN(CCN(CC)CC(=O)OC)CC(=O)OC. The molecule has 6 nitrogen and oxygen atoms in total. The first-order chi connectivity index (χ1) is 9.07. The Balaban J connectivity index is 4.18. The lowest BCUT2D eigenvalue weighted by Gasteiger charge is -2.25. The van der Waals surface area contributed by atoms with Crippen molar-refractivity contribution in [2.45, 2.75) is 20.3 Å². The highest BCUT2D eigenvalue weighted by Crippen LogP contribution is 1.96. The molecule has 6 heteroatoms. The summed E-state index contributed by atoms with van der Waals surface area (Å²) in [6.45, 7) is 7.70. The summed E-state index contributed by atoms with van der Waals surface area (Å²) >= 11 is 0. The molecule has 0 unspecified atom stereocenters. The first kappa shape index (κ1) is 17.9. The van der Waals surface area contributed by atoms with Gasteiger partial charge in [0.05, 0.1) is 27.3 Å². The summed E-state index contributed by atoms with van der Waals surface area (Å²) in [6.07, 6.45) is 0.972. The van der Waals surface area contributed by atoms with Crippen LogP contribution >= 0.6 is 0 Å². The van der Waals surface area contributed by atoms with Crippen LogP contribution in [0.2, 0.25) is 0 Å². The Morgan fingerprint density at radius 3 is 1.74 bits per heavy atom. The lowest BCUT2D eigenvalue weighted by molar-refractivity contribution is -0.143. The summed E-state index contributed by atoms with van der Waals surface area (Å²) in [5, 5.41) is 0. The second-order valence-electron chi connectivity index (χ2n) is 4.30. The summed E-state index contributed by atoms with van der Waals surface area (Å²) in [4.78, 5) is 26.5. The molecule has 0 saturated carbocycles. The molecule has 0 aliphatic heterocycles. The fourth-order valence-corrected chi connectivity index (χ4v) is 1.71. The van der Waals surface area contributed by atoms with Crippen LogP contribution in [0.1, 0.15) is 20.3 Å². The number of ether oxygens (including phenoxy) is 2. The average Bonchev–Trinajstić information content (AvgIpc) is 2.42. The molecule has 0 atom stereocenters. The van der Waals surface area contributed by atoms with Gasteiger partial charge in [-0.15, -0.1) is 0 Å². The van der Waals surface area contributed by atoms with Crippen LogP contribution in [0.25, 0.3) is 0 Å². The molecule has 0 saturated heterocycles. The predicted molar refractivity (Wildman–Crippen MR) is 72.9 cm³/mol. The van der Waals surface area contributed by atoms with Crippen LogP contribution in [-0.2, 0) is 19.1 Å². The number of esters is 2. The van der Waals surface area contributed by atoms with Gasteiger partial charge in [-0.3, -0.25) is 19.4 Å². The number of carbonyl (C=O) groups is 2. The molecule has 0 rings (SSSR count). The van der Waals surface area contributed by atoms with E-state index in [0.717, 1.165) is 32.6 Å². The number of nitrogens with zero attached hydrogens (tertiary/aromatic N) is 2. The summed E-state index contributed by atoms with van der Waals surface area (Å²) in [5.41, 5.74) is 0. The molecule has 0 heterocycles. The Hall–Kier alpha value is -1.14. The van der Waals surface area contributed by atoms with E-state index in [0.29, 0.717) is 6.54 Å². The lowest BCUT2D eigenvalue weighted by Crippen LogP contribution is -2.40. The van der Waals surface area contributed by atoms with Crippen molar-refractivity contribution in [2.24, 2.45) is 0 Å². The maximum absolute atomic E-state index is 11.3. The van der Waals surface area contributed by atoms with Gasteiger partial charge in [-0.25, -0.2) is 0 Å². The van der Waals surface area contributed by atoms with E-state index in [1.807, 2.05) is 16.7 Å². The van der Waals surface area contributed by atoms with Gasteiger partial charge in [0.1, 0.15) is 0 Å². The van der Waals surface area contributed by atoms with Crippen LogP contribution in [0, 0.1) is 0 Å². The number of rotatable bonds is 10. The largest absolute Gasteiger partial charge is 0.468 e. The van der Waals surface area contributed by atoms with Crippen LogP contribution in [-0.4, -0.2) is 75.2 Å². The molecule has 19 heavy (non-hydrogen) atoms.